The number of hydrogen-bond donors (Lipinski definition) is 0. The van der Waals surface area contributed by atoms with Crippen molar-refractivity contribution in [1.82, 2.24) is 24.6 Å². The standard InChI is InChI=1S/C17H19BrN6/c1-22-16-15(10-21-22)17(20-12-19-16)24-8-6-23(7-9-24)11-13-2-4-14(18)5-3-13/h2-5,10,12H,6-9,11H2,1H3. The molecule has 7 heteroatoms. The normalized spacial score (nSPS) is 16.0. The maximum Gasteiger partial charge on any atom is 0.163 e. The van der Waals surface area contributed by atoms with Crippen LogP contribution in [0.5, 0.6) is 0 Å². The second kappa shape index (κ2) is 6.49. The first-order valence-corrected chi connectivity index (χ1v) is 8.84. The minimum Gasteiger partial charge on any atom is -0.353 e. The molecule has 0 N–H and O–H groups in total. The van der Waals surface area contributed by atoms with Crippen LogP contribution in [0.4, 0.5) is 5.82 Å². The number of aromatic nitrogens is 4. The quantitative estimate of drug-likeness (QED) is 0.691. The van der Waals surface area contributed by atoms with Gasteiger partial charge in [0.1, 0.15) is 12.1 Å². The molecule has 0 aliphatic carbocycles. The predicted octanol–water partition coefficient (Wildman–Crippen LogP) is 2.45. The molecule has 0 amide bonds. The molecule has 24 heavy (non-hydrogen) atoms. The Hall–Kier alpha value is -1.99. The van der Waals surface area contributed by atoms with Crippen LogP contribution in [-0.2, 0) is 13.6 Å². The average molecular weight is 387 g/mol. The lowest BCUT2D eigenvalue weighted by Gasteiger charge is -2.35. The number of rotatable bonds is 3. The summed E-state index contributed by atoms with van der Waals surface area (Å²) in [6, 6.07) is 8.57. The van der Waals surface area contributed by atoms with Gasteiger partial charge in [0.15, 0.2) is 5.65 Å². The topological polar surface area (TPSA) is 50.1 Å². The van der Waals surface area contributed by atoms with E-state index in [0.29, 0.717) is 0 Å². The van der Waals surface area contributed by atoms with Crippen molar-refractivity contribution in [3.63, 3.8) is 0 Å². The first-order valence-electron chi connectivity index (χ1n) is 8.05. The number of nitrogens with zero attached hydrogens (tertiary/aromatic N) is 6. The van der Waals surface area contributed by atoms with Crippen molar-refractivity contribution in [3.05, 3.63) is 46.8 Å². The van der Waals surface area contributed by atoms with Crippen LogP contribution in [-0.4, -0.2) is 50.8 Å². The van der Waals surface area contributed by atoms with Crippen LogP contribution in [0.15, 0.2) is 41.3 Å². The molecule has 1 saturated heterocycles. The van der Waals surface area contributed by atoms with Crippen molar-refractivity contribution >= 4 is 32.8 Å². The fraction of sp³-hybridized carbons (Fsp3) is 0.353. The predicted molar refractivity (Wildman–Crippen MR) is 97.9 cm³/mol. The van der Waals surface area contributed by atoms with E-state index in [-0.39, 0.29) is 0 Å². The summed E-state index contributed by atoms with van der Waals surface area (Å²) in [6.07, 6.45) is 3.49. The van der Waals surface area contributed by atoms with E-state index >= 15 is 0 Å². The first kappa shape index (κ1) is 15.5. The molecule has 1 aliphatic heterocycles. The first-order chi connectivity index (χ1) is 11.7. The third-order valence-electron chi connectivity index (χ3n) is 4.50. The van der Waals surface area contributed by atoms with Crippen molar-refractivity contribution in [3.8, 4) is 0 Å². The Labute approximate surface area is 149 Å². The van der Waals surface area contributed by atoms with Gasteiger partial charge in [-0.15, -0.1) is 0 Å². The van der Waals surface area contributed by atoms with E-state index in [4.69, 9.17) is 0 Å². The molecular formula is C17H19BrN6. The van der Waals surface area contributed by atoms with Crippen molar-refractivity contribution in [2.24, 2.45) is 7.05 Å². The van der Waals surface area contributed by atoms with Gasteiger partial charge < -0.3 is 4.90 Å². The molecule has 1 aromatic carbocycles. The molecule has 0 atom stereocenters. The largest absolute Gasteiger partial charge is 0.353 e. The highest BCUT2D eigenvalue weighted by molar-refractivity contribution is 9.10. The van der Waals surface area contributed by atoms with Gasteiger partial charge in [-0.2, -0.15) is 5.10 Å². The van der Waals surface area contributed by atoms with Crippen molar-refractivity contribution in [1.29, 1.82) is 0 Å². The lowest BCUT2D eigenvalue weighted by atomic mass is 10.2. The summed E-state index contributed by atoms with van der Waals surface area (Å²) in [5.74, 6) is 0.997. The number of piperazine rings is 1. The van der Waals surface area contributed by atoms with Crippen LogP contribution < -0.4 is 4.90 Å². The van der Waals surface area contributed by atoms with E-state index in [1.807, 2.05) is 13.2 Å². The van der Waals surface area contributed by atoms with Crippen LogP contribution in [0.1, 0.15) is 5.56 Å². The molecule has 0 radical (unpaired) electrons. The number of hydrogen-bond acceptors (Lipinski definition) is 5. The van der Waals surface area contributed by atoms with Gasteiger partial charge in [0, 0.05) is 44.2 Å². The molecule has 0 unspecified atom stereocenters. The van der Waals surface area contributed by atoms with E-state index in [0.717, 1.165) is 54.0 Å². The van der Waals surface area contributed by atoms with Crippen LogP contribution in [0.2, 0.25) is 0 Å². The van der Waals surface area contributed by atoms with Gasteiger partial charge in [0.25, 0.3) is 0 Å². The van der Waals surface area contributed by atoms with E-state index in [9.17, 15) is 0 Å². The molecule has 4 rings (SSSR count). The molecular weight excluding hydrogens is 368 g/mol. The molecule has 0 bridgehead atoms. The minimum absolute atomic E-state index is 0.886. The maximum atomic E-state index is 4.50. The lowest BCUT2D eigenvalue weighted by molar-refractivity contribution is 0.249. The Morgan fingerprint density at radius 1 is 1.04 bits per heavy atom. The average Bonchev–Trinajstić information content (AvgIpc) is 2.99. The maximum absolute atomic E-state index is 4.50. The molecule has 3 aromatic rings. The Kier molecular flexibility index (Phi) is 4.20. The van der Waals surface area contributed by atoms with Gasteiger partial charge in [-0.05, 0) is 17.7 Å². The molecule has 2 aromatic heterocycles. The summed E-state index contributed by atoms with van der Waals surface area (Å²) in [7, 11) is 1.91. The Balaban J connectivity index is 1.44. The highest BCUT2D eigenvalue weighted by Gasteiger charge is 2.20. The molecule has 1 fully saturated rings. The van der Waals surface area contributed by atoms with E-state index in [1.165, 1.54) is 5.56 Å². The SMILES string of the molecule is Cn1ncc2c(N3CCN(Cc4ccc(Br)cc4)CC3)ncnc21. The molecule has 0 spiro atoms. The van der Waals surface area contributed by atoms with Crippen molar-refractivity contribution < 1.29 is 0 Å². The minimum atomic E-state index is 0.886. The highest BCUT2D eigenvalue weighted by Crippen LogP contribution is 2.23. The fourth-order valence-electron chi connectivity index (χ4n) is 3.17. The highest BCUT2D eigenvalue weighted by atomic mass is 79.9. The molecule has 6 nitrogen and oxygen atoms in total. The van der Waals surface area contributed by atoms with E-state index < -0.39 is 0 Å². The number of aryl methyl sites for hydroxylation is 1. The zero-order chi connectivity index (χ0) is 16.5. The summed E-state index contributed by atoms with van der Waals surface area (Å²) in [6.45, 7) is 4.99. The van der Waals surface area contributed by atoms with Gasteiger partial charge in [-0.1, -0.05) is 28.1 Å². The third-order valence-corrected chi connectivity index (χ3v) is 5.03. The summed E-state index contributed by atoms with van der Waals surface area (Å²) < 4.78 is 2.92. The Morgan fingerprint density at radius 3 is 2.54 bits per heavy atom. The van der Waals surface area contributed by atoms with Crippen LogP contribution >= 0.6 is 15.9 Å². The number of fused-ring (bicyclic) bond motifs is 1. The molecule has 0 saturated carbocycles. The Bertz CT molecular complexity index is 836. The van der Waals surface area contributed by atoms with Crippen molar-refractivity contribution in [2.45, 2.75) is 6.54 Å². The van der Waals surface area contributed by atoms with Crippen LogP contribution in [0, 0.1) is 0 Å². The second-order valence-corrected chi connectivity index (χ2v) is 7.01. The summed E-state index contributed by atoms with van der Waals surface area (Å²) in [4.78, 5) is 13.6. The second-order valence-electron chi connectivity index (χ2n) is 6.09. The van der Waals surface area contributed by atoms with E-state index in [2.05, 4.69) is 65.1 Å². The van der Waals surface area contributed by atoms with Crippen LogP contribution in [0.3, 0.4) is 0 Å². The summed E-state index contributed by atoms with van der Waals surface area (Å²) in [5.41, 5.74) is 2.24. The molecule has 1 aliphatic rings. The number of anilines is 1. The summed E-state index contributed by atoms with van der Waals surface area (Å²) in [5, 5.41) is 5.33. The summed E-state index contributed by atoms with van der Waals surface area (Å²) >= 11 is 3.49. The van der Waals surface area contributed by atoms with Gasteiger partial charge in [0.05, 0.1) is 11.6 Å². The Morgan fingerprint density at radius 2 is 1.79 bits per heavy atom. The van der Waals surface area contributed by atoms with Crippen LogP contribution in [0.25, 0.3) is 11.0 Å². The van der Waals surface area contributed by atoms with Crippen molar-refractivity contribution in [2.75, 3.05) is 31.1 Å². The lowest BCUT2D eigenvalue weighted by Crippen LogP contribution is -2.46. The van der Waals surface area contributed by atoms with Gasteiger partial charge in [-0.25, -0.2) is 9.97 Å². The van der Waals surface area contributed by atoms with E-state index in [1.54, 1.807) is 11.0 Å². The number of benzene rings is 1. The monoisotopic (exact) mass is 386 g/mol. The fourth-order valence-corrected chi connectivity index (χ4v) is 3.43. The smallest absolute Gasteiger partial charge is 0.163 e. The molecule has 124 valence electrons. The zero-order valence-corrected chi connectivity index (χ0v) is 15.1. The van der Waals surface area contributed by atoms with Gasteiger partial charge in [0.2, 0.25) is 0 Å². The van der Waals surface area contributed by atoms with Gasteiger partial charge >= 0.3 is 0 Å². The number of halogens is 1. The zero-order valence-electron chi connectivity index (χ0n) is 13.6. The molecule has 3 heterocycles. The van der Waals surface area contributed by atoms with Gasteiger partial charge in [-0.3, -0.25) is 9.58 Å². The third kappa shape index (κ3) is 3.01.